The van der Waals surface area contributed by atoms with Gasteiger partial charge in [-0.1, -0.05) is 38.1 Å². The molecule has 0 saturated carbocycles. The summed E-state index contributed by atoms with van der Waals surface area (Å²) in [6.45, 7) is 6.92. The van der Waals surface area contributed by atoms with Gasteiger partial charge in [-0.2, -0.15) is 0 Å². The molecule has 1 N–H and O–H groups in total. The molecule has 0 saturated heterocycles. The highest BCUT2D eigenvalue weighted by molar-refractivity contribution is 7.15. The highest BCUT2D eigenvalue weighted by atomic mass is 32.1. The number of hydrogen-bond acceptors (Lipinski definition) is 5. The van der Waals surface area contributed by atoms with Crippen molar-refractivity contribution in [2.24, 2.45) is 0 Å². The van der Waals surface area contributed by atoms with Gasteiger partial charge in [0.05, 0.1) is 7.11 Å². The second kappa shape index (κ2) is 6.72. The number of rotatable bonds is 5. The fourth-order valence-corrected chi connectivity index (χ4v) is 2.75. The predicted molar refractivity (Wildman–Crippen MR) is 86.0 cm³/mol. The lowest BCUT2D eigenvalue weighted by Gasteiger charge is -2.07. The maximum absolute atomic E-state index is 11.5. The van der Waals surface area contributed by atoms with Gasteiger partial charge in [-0.25, -0.2) is 9.78 Å². The summed E-state index contributed by atoms with van der Waals surface area (Å²) in [5, 5.41) is 3.99. The van der Waals surface area contributed by atoms with Crippen molar-refractivity contribution in [3.8, 4) is 0 Å². The number of nitrogens with one attached hydrogen (secondary N) is 1. The van der Waals surface area contributed by atoms with Gasteiger partial charge in [0.2, 0.25) is 0 Å². The number of aryl methyl sites for hydroxylation is 1. The van der Waals surface area contributed by atoms with Gasteiger partial charge < -0.3 is 10.1 Å². The Labute approximate surface area is 129 Å². The van der Waals surface area contributed by atoms with Crippen molar-refractivity contribution in [1.82, 2.24) is 4.98 Å². The standard InChI is InChI=1S/C16H20N2O2S/c1-10(2)13-7-5-12(6-8-13)9-17-16-18-14(11(3)21-16)15(19)20-4/h5-8,10H,9H2,1-4H3,(H,17,18). The number of carbonyl (C=O) groups excluding carboxylic acids is 1. The van der Waals surface area contributed by atoms with Crippen LogP contribution in [-0.4, -0.2) is 18.1 Å². The molecule has 0 aliphatic carbocycles. The number of anilines is 1. The topological polar surface area (TPSA) is 51.2 Å². The van der Waals surface area contributed by atoms with Crippen molar-refractivity contribution in [1.29, 1.82) is 0 Å². The first-order chi connectivity index (χ1) is 10.0. The van der Waals surface area contributed by atoms with E-state index in [9.17, 15) is 4.79 Å². The number of esters is 1. The molecule has 112 valence electrons. The Morgan fingerprint density at radius 1 is 1.33 bits per heavy atom. The van der Waals surface area contributed by atoms with Gasteiger partial charge in [-0.3, -0.25) is 0 Å². The molecule has 0 fully saturated rings. The van der Waals surface area contributed by atoms with Crippen LogP contribution in [0.15, 0.2) is 24.3 Å². The van der Waals surface area contributed by atoms with Gasteiger partial charge in [0, 0.05) is 11.4 Å². The molecule has 0 aliphatic rings. The van der Waals surface area contributed by atoms with E-state index in [0.29, 0.717) is 18.2 Å². The van der Waals surface area contributed by atoms with E-state index in [4.69, 9.17) is 4.74 Å². The highest BCUT2D eigenvalue weighted by Crippen LogP contribution is 2.23. The third-order valence-corrected chi connectivity index (χ3v) is 4.19. The third-order valence-electron chi connectivity index (χ3n) is 3.27. The van der Waals surface area contributed by atoms with E-state index in [1.165, 1.54) is 29.6 Å². The van der Waals surface area contributed by atoms with Gasteiger partial charge in [0.15, 0.2) is 10.8 Å². The number of nitrogens with zero attached hydrogens (tertiary/aromatic N) is 1. The average Bonchev–Trinajstić information content (AvgIpc) is 2.86. The minimum Gasteiger partial charge on any atom is -0.464 e. The van der Waals surface area contributed by atoms with Crippen molar-refractivity contribution < 1.29 is 9.53 Å². The van der Waals surface area contributed by atoms with Crippen molar-refractivity contribution in [3.05, 3.63) is 46.0 Å². The predicted octanol–water partition coefficient (Wildman–Crippen LogP) is 3.97. The Bertz CT molecular complexity index is 618. The number of carbonyl (C=O) groups is 1. The molecule has 1 heterocycles. The van der Waals surface area contributed by atoms with Gasteiger partial charge in [0.25, 0.3) is 0 Å². The van der Waals surface area contributed by atoms with Crippen molar-refractivity contribution in [2.75, 3.05) is 12.4 Å². The van der Waals surface area contributed by atoms with Gasteiger partial charge in [0.1, 0.15) is 0 Å². The van der Waals surface area contributed by atoms with Crippen LogP contribution < -0.4 is 5.32 Å². The normalized spacial score (nSPS) is 10.7. The van der Waals surface area contributed by atoms with E-state index in [0.717, 1.165) is 10.0 Å². The lowest BCUT2D eigenvalue weighted by atomic mass is 10.0. The zero-order valence-corrected chi connectivity index (χ0v) is 13.6. The summed E-state index contributed by atoms with van der Waals surface area (Å²) < 4.78 is 4.71. The number of aromatic nitrogens is 1. The van der Waals surface area contributed by atoms with Crippen LogP contribution in [0.1, 0.15) is 46.3 Å². The Morgan fingerprint density at radius 2 is 2.00 bits per heavy atom. The Morgan fingerprint density at radius 3 is 2.57 bits per heavy atom. The lowest BCUT2D eigenvalue weighted by Crippen LogP contribution is -2.04. The molecule has 21 heavy (non-hydrogen) atoms. The van der Waals surface area contributed by atoms with Gasteiger partial charge >= 0.3 is 5.97 Å². The molecule has 0 atom stereocenters. The first-order valence-electron chi connectivity index (χ1n) is 6.89. The van der Waals surface area contributed by atoms with E-state index < -0.39 is 5.97 Å². The minimum atomic E-state index is -0.391. The minimum absolute atomic E-state index is 0.389. The summed E-state index contributed by atoms with van der Waals surface area (Å²) in [5.74, 6) is 0.148. The molecule has 0 unspecified atom stereocenters. The smallest absolute Gasteiger partial charge is 0.357 e. The van der Waals surface area contributed by atoms with Crippen LogP contribution in [0.5, 0.6) is 0 Å². The fourth-order valence-electron chi connectivity index (χ4n) is 1.96. The van der Waals surface area contributed by atoms with Crippen LogP contribution in [0, 0.1) is 6.92 Å². The number of hydrogen-bond donors (Lipinski definition) is 1. The Balaban J connectivity index is 2.01. The molecule has 0 amide bonds. The van der Waals surface area contributed by atoms with E-state index in [-0.39, 0.29) is 0 Å². The van der Waals surface area contributed by atoms with E-state index in [1.807, 2.05) is 6.92 Å². The second-order valence-electron chi connectivity index (χ2n) is 5.17. The lowest BCUT2D eigenvalue weighted by molar-refractivity contribution is 0.0594. The summed E-state index contributed by atoms with van der Waals surface area (Å²) in [6, 6.07) is 8.53. The highest BCUT2D eigenvalue weighted by Gasteiger charge is 2.15. The molecule has 0 aliphatic heterocycles. The van der Waals surface area contributed by atoms with Crippen LogP contribution >= 0.6 is 11.3 Å². The van der Waals surface area contributed by atoms with Crippen LogP contribution in [-0.2, 0) is 11.3 Å². The van der Waals surface area contributed by atoms with E-state index in [1.54, 1.807) is 0 Å². The first-order valence-corrected chi connectivity index (χ1v) is 7.71. The van der Waals surface area contributed by atoms with Crippen LogP contribution in [0.3, 0.4) is 0 Å². The molecule has 0 spiro atoms. The molecule has 1 aromatic heterocycles. The molecule has 4 nitrogen and oxygen atoms in total. The van der Waals surface area contributed by atoms with Crippen LogP contribution in [0.25, 0.3) is 0 Å². The van der Waals surface area contributed by atoms with E-state index in [2.05, 4.69) is 48.4 Å². The molecule has 0 bridgehead atoms. The monoisotopic (exact) mass is 304 g/mol. The van der Waals surface area contributed by atoms with Gasteiger partial charge in [-0.15, -0.1) is 11.3 Å². The number of benzene rings is 1. The largest absolute Gasteiger partial charge is 0.464 e. The van der Waals surface area contributed by atoms with Crippen molar-refractivity contribution in [3.63, 3.8) is 0 Å². The van der Waals surface area contributed by atoms with Gasteiger partial charge in [-0.05, 0) is 24.0 Å². The zero-order valence-electron chi connectivity index (χ0n) is 12.8. The fraction of sp³-hybridized carbons (Fsp3) is 0.375. The molecule has 2 aromatic rings. The summed E-state index contributed by atoms with van der Waals surface area (Å²) in [6.07, 6.45) is 0. The average molecular weight is 304 g/mol. The summed E-state index contributed by atoms with van der Waals surface area (Å²) in [7, 11) is 1.37. The quantitative estimate of drug-likeness (QED) is 0.849. The van der Waals surface area contributed by atoms with Crippen molar-refractivity contribution >= 4 is 22.4 Å². The Kier molecular flexibility index (Phi) is 4.96. The third kappa shape index (κ3) is 3.82. The SMILES string of the molecule is COC(=O)c1nc(NCc2ccc(C(C)C)cc2)sc1C. The molecule has 2 rings (SSSR count). The Hall–Kier alpha value is -1.88. The number of thiazole rings is 1. The summed E-state index contributed by atoms with van der Waals surface area (Å²) in [5.41, 5.74) is 2.91. The zero-order chi connectivity index (χ0) is 15.4. The maximum atomic E-state index is 11.5. The van der Waals surface area contributed by atoms with E-state index >= 15 is 0 Å². The molecule has 0 radical (unpaired) electrons. The number of methoxy groups -OCH3 is 1. The molecular weight excluding hydrogens is 284 g/mol. The summed E-state index contributed by atoms with van der Waals surface area (Å²) in [4.78, 5) is 16.7. The number of ether oxygens (including phenoxy) is 1. The molecule has 5 heteroatoms. The maximum Gasteiger partial charge on any atom is 0.357 e. The molecular formula is C16H20N2O2S. The second-order valence-corrected chi connectivity index (χ2v) is 6.37. The van der Waals surface area contributed by atoms with Crippen LogP contribution in [0.4, 0.5) is 5.13 Å². The van der Waals surface area contributed by atoms with Crippen molar-refractivity contribution in [2.45, 2.75) is 33.2 Å². The van der Waals surface area contributed by atoms with Crippen LogP contribution in [0.2, 0.25) is 0 Å². The summed E-state index contributed by atoms with van der Waals surface area (Å²) >= 11 is 1.46. The molecule has 1 aromatic carbocycles. The first kappa shape index (κ1) is 15.5.